The molecule has 0 N–H and O–H groups in total. The molecule has 1 atom stereocenters. The number of hydrogen-bond acceptors (Lipinski definition) is 0. The van der Waals surface area contributed by atoms with E-state index in [4.69, 9.17) is 0 Å². The number of benzene rings is 8. The molecule has 10 rings (SSSR count). The predicted octanol–water partition coefficient (Wildman–Crippen LogP) is 14.2. The Morgan fingerprint density at radius 3 is 1.49 bits per heavy atom. The van der Waals surface area contributed by atoms with Gasteiger partial charge in [-0.3, -0.25) is 0 Å². The molecule has 0 aliphatic heterocycles. The van der Waals surface area contributed by atoms with E-state index in [0.717, 1.165) is 5.56 Å². The molecule has 1 aromatic heterocycles. The third-order valence-electron chi connectivity index (χ3n) is 11.9. The first-order valence-electron chi connectivity index (χ1n) is 19.2. The van der Waals surface area contributed by atoms with Crippen molar-refractivity contribution in [2.45, 2.75) is 25.2 Å². The average Bonchev–Trinajstić information content (AvgIpc) is 3.69. The van der Waals surface area contributed by atoms with Crippen molar-refractivity contribution in [3.63, 3.8) is 0 Å². The van der Waals surface area contributed by atoms with Crippen LogP contribution in [-0.4, -0.2) is 4.57 Å². The Morgan fingerprint density at radius 2 is 0.909 bits per heavy atom. The monoisotopic (exact) mass is 703 g/mol. The molecule has 0 amide bonds. The highest BCUT2D eigenvalue weighted by Gasteiger charge is 2.36. The van der Waals surface area contributed by atoms with Gasteiger partial charge in [0, 0.05) is 27.8 Å². The van der Waals surface area contributed by atoms with Gasteiger partial charge >= 0.3 is 0 Å². The maximum atomic E-state index is 3.88. The molecule has 0 bridgehead atoms. The van der Waals surface area contributed by atoms with Crippen molar-refractivity contribution < 1.29 is 0 Å². The summed E-state index contributed by atoms with van der Waals surface area (Å²) in [6.07, 6.45) is 1.88. The molecule has 0 saturated carbocycles. The number of para-hydroxylation sites is 2. The van der Waals surface area contributed by atoms with Gasteiger partial charge in [0.1, 0.15) is 0 Å². The summed E-state index contributed by atoms with van der Waals surface area (Å²) in [7, 11) is 0. The van der Waals surface area contributed by atoms with Gasteiger partial charge in [0.25, 0.3) is 0 Å². The Kier molecular flexibility index (Phi) is 7.78. The first kappa shape index (κ1) is 32.9. The molecular weight excluding hydrogens is 663 g/mol. The van der Waals surface area contributed by atoms with E-state index in [1.54, 1.807) is 0 Å². The van der Waals surface area contributed by atoms with Crippen LogP contribution in [0, 0.1) is 0 Å². The SMILES string of the molecule is C=Cc1ccc(-c2ccc(-c3ccc(C(c4ccccc4)c4ccc5c(c4)C(C)(C)c4cc(-n6c7ccccc7c7ccccc76)ccc4-5)cc3)cc2)cc1. The highest BCUT2D eigenvalue weighted by atomic mass is 15.0. The molecule has 0 fully saturated rings. The minimum Gasteiger partial charge on any atom is -0.309 e. The Bertz CT molecular complexity index is 2820. The zero-order chi connectivity index (χ0) is 37.1. The summed E-state index contributed by atoms with van der Waals surface area (Å²) in [5.74, 6) is 0.106. The van der Waals surface area contributed by atoms with Crippen LogP contribution in [0.4, 0.5) is 0 Å². The standard InChI is InChI=1S/C54H41N/c1-4-36-18-20-37(21-19-36)38-22-24-39(25-23-38)40-26-28-42(29-27-40)53(41-12-6-5-7-13-41)43-30-32-45-46-33-31-44(35-50(46)54(2,3)49(45)34-43)55-51-16-10-8-14-47(51)48-15-9-11-17-52(48)55/h4-35,53H,1H2,2-3H3. The van der Waals surface area contributed by atoms with E-state index in [9.17, 15) is 0 Å². The highest BCUT2D eigenvalue weighted by molar-refractivity contribution is 6.09. The number of nitrogens with zero attached hydrogens (tertiary/aromatic N) is 1. The van der Waals surface area contributed by atoms with Crippen LogP contribution in [0.5, 0.6) is 0 Å². The third-order valence-corrected chi connectivity index (χ3v) is 11.9. The zero-order valence-corrected chi connectivity index (χ0v) is 31.2. The molecule has 1 aliphatic carbocycles. The first-order valence-corrected chi connectivity index (χ1v) is 19.2. The van der Waals surface area contributed by atoms with E-state index in [2.05, 4.69) is 213 Å². The van der Waals surface area contributed by atoms with E-state index in [1.807, 2.05) is 6.08 Å². The molecule has 55 heavy (non-hydrogen) atoms. The Labute approximate surface area is 323 Å². The maximum absolute atomic E-state index is 3.88. The molecule has 1 nitrogen and oxygen atoms in total. The number of aromatic nitrogens is 1. The van der Waals surface area contributed by atoms with Crippen molar-refractivity contribution >= 4 is 27.9 Å². The Balaban J connectivity index is 1.00. The number of rotatable bonds is 7. The summed E-state index contributed by atoms with van der Waals surface area (Å²) in [4.78, 5) is 0. The molecule has 1 heterocycles. The Hall–Kier alpha value is -6.70. The van der Waals surface area contributed by atoms with Crippen LogP contribution in [0.2, 0.25) is 0 Å². The minimum absolute atomic E-state index is 0.106. The second-order valence-corrected chi connectivity index (χ2v) is 15.4. The maximum Gasteiger partial charge on any atom is 0.0541 e. The van der Waals surface area contributed by atoms with Gasteiger partial charge in [-0.1, -0.05) is 190 Å². The largest absolute Gasteiger partial charge is 0.309 e. The number of hydrogen-bond donors (Lipinski definition) is 0. The van der Waals surface area contributed by atoms with Gasteiger partial charge in [0.15, 0.2) is 0 Å². The van der Waals surface area contributed by atoms with Crippen molar-refractivity contribution in [1.82, 2.24) is 4.57 Å². The summed E-state index contributed by atoms with van der Waals surface area (Å²) in [5.41, 5.74) is 18.8. The van der Waals surface area contributed by atoms with Crippen LogP contribution in [0.3, 0.4) is 0 Å². The number of fused-ring (bicyclic) bond motifs is 6. The topological polar surface area (TPSA) is 4.93 Å². The molecule has 1 heteroatoms. The van der Waals surface area contributed by atoms with Gasteiger partial charge in [-0.2, -0.15) is 0 Å². The normalized spacial score (nSPS) is 13.4. The van der Waals surface area contributed by atoms with Crippen LogP contribution < -0.4 is 0 Å². The van der Waals surface area contributed by atoms with Crippen LogP contribution in [0.1, 0.15) is 53.1 Å². The van der Waals surface area contributed by atoms with E-state index in [1.165, 1.54) is 88.7 Å². The fourth-order valence-corrected chi connectivity index (χ4v) is 9.02. The molecule has 0 saturated heterocycles. The summed E-state index contributed by atoms with van der Waals surface area (Å²) >= 11 is 0. The van der Waals surface area contributed by atoms with Crippen LogP contribution in [-0.2, 0) is 5.41 Å². The molecule has 1 aliphatic rings. The average molecular weight is 704 g/mol. The molecule has 9 aromatic rings. The lowest BCUT2D eigenvalue weighted by molar-refractivity contribution is 0.658. The van der Waals surface area contributed by atoms with Gasteiger partial charge in [0.2, 0.25) is 0 Å². The summed E-state index contributed by atoms with van der Waals surface area (Å²) in [5, 5.41) is 2.57. The zero-order valence-electron chi connectivity index (χ0n) is 31.2. The Morgan fingerprint density at radius 1 is 0.455 bits per heavy atom. The third kappa shape index (κ3) is 5.46. The molecule has 0 spiro atoms. The highest BCUT2D eigenvalue weighted by Crippen LogP contribution is 2.51. The van der Waals surface area contributed by atoms with Crippen molar-refractivity contribution in [2.75, 3.05) is 0 Å². The summed E-state index contributed by atoms with van der Waals surface area (Å²) < 4.78 is 2.43. The molecule has 262 valence electrons. The summed E-state index contributed by atoms with van der Waals surface area (Å²) in [6, 6.07) is 69.4. The minimum atomic E-state index is -0.166. The lowest BCUT2D eigenvalue weighted by Gasteiger charge is -2.25. The lowest BCUT2D eigenvalue weighted by atomic mass is 9.79. The molecule has 8 aromatic carbocycles. The van der Waals surface area contributed by atoms with Crippen LogP contribution in [0.15, 0.2) is 195 Å². The van der Waals surface area contributed by atoms with Crippen molar-refractivity contribution in [1.29, 1.82) is 0 Å². The van der Waals surface area contributed by atoms with Gasteiger partial charge in [-0.15, -0.1) is 0 Å². The fraction of sp³-hybridized carbons (Fsp3) is 0.0741. The van der Waals surface area contributed by atoms with Crippen molar-refractivity contribution in [3.8, 4) is 39.1 Å². The van der Waals surface area contributed by atoms with E-state index < -0.39 is 0 Å². The van der Waals surface area contributed by atoms with E-state index in [0.29, 0.717) is 0 Å². The smallest absolute Gasteiger partial charge is 0.0541 e. The van der Waals surface area contributed by atoms with E-state index >= 15 is 0 Å². The predicted molar refractivity (Wildman–Crippen MR) is 233 cm³/mol. The van der Waals surface area contributed by atoms with Crippen LogP contribution in [0.25, 0.3) is 66.9 Å². The molecular formula is C54H41N. The van der Waals surface area contributed by atoms with Crippen molar-refractivity contribution in [2.24, 2.45) is 0 Å². The van der Waals surface area contributed by atoms with E-state index in [-0.39, 0.29) is 11.3 Å². The lowest BCUT2D eigenvalue weighted by Crippen LogP contribution is -2.16. The summed E-state index contributed by atoms with van der Waals surface area (Å²) in [6.45, 7) is 8.67. The second kappa shape index (κ2) is 13.0. The van der Waals surface area contributed by atoms with Gasteiger partial charge in [0.05, 0.1) is 11.0 Å². The quantitative estimate of drug-likeness (QED) is 0.146. The van der Waals surface area contributed by atoms with Crippen LogP contribution >= 0.6 is 0 Å². The van der Waals surface area contributed by atoms with Gasteiger partial charge < -0.3 is 4.57 Å². The van der Waals surface area contributed by atoms with Gasteiger partial charge in [-0.25, -0.2) is 0 Å². The van der Waals surface area contributed by atoms with Gasteiger partial charge in [-0.05, 0) is 91.0 Å². The fourth-order valence-electron chi connectivity index (χ4n) is 9.02. The first-order chi connectivity index (χ1) is 27.0. The molecule has 1 unspecified atom stereocenters. The van der Waals surface area contributed by atoms with Crippen molar-refractivity contribution in [3.05, 3.63) is 228 Å². The molecule has 0 radical (unpaired) electrons. The second-order valence-electron chi connectivity index (χ2n) is 15.4.